The van der Waals surface area contributed by atoms with Crippen molar-refractivity contribution < 1.29 is 14.3 Å². The van der Waals surface area contributed by atoms with Crippen molar-refractivity contribution in [3.05, 3.63) is 71.8 Å². The average Bonchev–Trinajstić information content (AvgIpc) is 3.30. The minimum absolute atomic E-state index is 0.0141. The highest BCUT2D eigenvalue weighted by molar-refractivity contribution is 5.92. The van der Waals surface area contributed by atoms with Crippen molar-refractivity contribution in [1.29, 1.82) is 0 Å². The monoisotopic (exact) mass is 392 g/mol. The van der Waals surface area contributed by atoms with Crippen LogP contribution in [0.15, 0.2) is 60.7 Å². The molecule has 0 aliphatic carbocycles. The van der Waals surface area contributed by atoms with Crippen LogP contribution in [0.2, 0.25) is 0 Å². The van der Waals surface area contributed by atoms with E-state index in [1.54, 1.807) is 12.2 Å². The predicted octanol–water partition coefficient (Wildman–Crippen LogP) is 3.97. The van der Waals surface area contributed by atoms with Crippen molar-refractivity contribution in [2.75, 3.05) is 19.7 Å². The highest BCUT2D eigenvalue weighted by Gasteiger charge is 2.20. The van der Waals surface area contributed by atoms with Crippen LogP contribution in [0, 0.1) is 0 Å². The van der Waals surface area contributed by atoms with Crippen molar-refractivity contribution in [2.24, 2.45) is 0 Å². The summed E-state index contributed by atoms with van der Waals surface area (Å²) in [5.74, 6) is 0.489. The number of hydrogen-bond acceptors (Lipinski definition) is 3. The molecule has 1 fully saturated rings. The maximum atomic E-state index is 12.4. The fourth-order valence-electron chi connectivity index (χ4n) is 3.45. The molecule has 1 unspecified atom stereocenters. The molecule has 152 valence electrons. The number of ether oxygens (including phenoxy) is 1. The van der Waals surface area contributed by atoms with E-state index in [9.17, 15) is 9.59 Å². The largest absolute Gasteiger partial charge is 0.483 e. The first-order valence-electron chi connectivity index (χ1n) is 10.2. The molecule has 1 aliphatic rings. The molecule has 0 saturated carbocycles. The number of carbonyl (C=O) groups is 2. The Morgan fingerprint density at radius 2 is 1.76 bits per heavy atom. The van der Waals surface area contributed by atoms with E-state index in [4.69, 9.17) is 4.74 Å². The fraction of sp³-hybridized carbons (Fsp3) is 0.333. The number of rotatable bonds is 8. The van der Waals surface area contributed by atoms with Crippen LogP contribution < -0.4 is 10.1 Å². The molecule has 2 amide bonds. The lowest BCUT2D eigenvalue weighted by Crippen LogP contribution is -2.32. The quantitative estimate of drug-likeness (QED) is 0.692. The molecular formula is C24H28N2O3. The Kier molecular flexibility index (Phi) is 7.45. The van der Waals surface area contributed by atoms with Gasteiger partial charge in [0.05, 0.1) is 6.04 Å². The van der Waals surface area contributed by atoms with Gasteiger partial charge < -0.3 is 15.0 Å². The molecule has 1 saturated heterocycles. The van der Waals surface area contributed by atoms with Gasteiger partial charge in [-0.1, -0.05) is 55.5 Å². The molecule has 1 atom stereocenters. The first-order chi connectivity index (χ1) is 14.2. The molecule has 0 radical (unpaired) electrons. The summed E-state index contributed by atoms with van der Waals surface area (Å²) >= 11 is 0. The van der Waals surface area contributed by atoms with Crippen LogP contribution in [0.1, 0.15) is 43.4 Å². The number of para-hydroxylation sites is 1. The summed E-state index contributed by atoms with van der Waals surface area (Å²) in [5.41, 5.74) is 1.85. The summed E-state index contributed by atoms with van der Waals surface area (Å²) in [7, 11) is 0. The molecule has 1 aliphatic heterocycles. The Morgan fingerprint density at radius 3 is 2.48 bits per heavy atom. The Morgan fingerprint density at radius 1 is 1.07 bits per heavy atom. The molecule has 0 bridgehead atoms. The number of nitrogens with zero attached hydrogens (tertiary/aromatic N) is 1. The van der Waals surface area contributed by atoms with E-state index in [1.807, 2.05) is 66.4 Å². The molecular weight excluding hydrogens is 364 g/mol. The molecule has 5 heteroatoms. The topological polar surface area (TPSA) is 58.6 Å². The molecule has 3 rings (SSSR count). The molecule has 1 N–H and O–H groups in total. The van der Waals surface area contributed by atoms with Gasteiger partial charge in [-0.25, -0.2) is 0 Å². The molecule has 29 heavy (non-hydrogen) atoms. The van der Waals surface area contributed by atoms with E-state index in [-0.39, 0.29) is 24.5 Å². The van der Waals surface area contributed by atoms with Crippen LogP contribution in [0.5, 0.6) is 5.75 Å². The number of hydrogen-bond donors (Lipinski definition) is 1. The normalized spacial score (nSPS) is 14.7. The lowest BCUT2D eigenvalue weighted by Gasteiger charge is -2.21. The zero-order valence-electron chi connectivity index (χ0n) is 16.8. The molecule has 1 heterocycles. The molecule has 0 spiro atoms. The minimum Gasteiger partial charge on any atom is -0.483 e. The van der Waals surface area contributed by atoms with E-state index in [0.717, 1.165) is 37.1 Å². The summed E-state index contributed by atoms with van der Waals surface area (Å²) in [6.45, 7) is 3.66. The van der Waals surface area contributed by atoms with Gasteiger partial charge in [0.15, 0.2) is 6.61 Å². The predicted molar refractivity (Wildman–Crippen MR) is 114 cm³/mol. The number of nitrogens with one attached hydrogen (secondary N) is 1. The van der Waals surface area contributed by atoms with Gasteiger partial charge in [-0.05, 0) is 37.0 Å². The summed E-state index contributed by atoms with van der Waals surface area (Å²) in [4.78, 5) is 26.5. The highest BCUT2D eigenvalue weighted by atomic mass is 16.5. The summed E-state index contributed by atoms with van der Waals surface area (Å²) < 4.78 is 5.84. The van der Waals surface area contributed by atoms with Gasteiger partial charge in [0.25, 0.3) is 5.91 Å². The number of benzene rings is 2. The van der Waals surface area contributed by atoms with Crippen molar-refractivity contribution in [3.8, 4) is 5.75 Å². The van der Waals surface area contributed by atoms with Crippen molar-refractivity contribution >= 4 is 17.9 Å². The third kappa shape index (κ3) is 5.95. The third-order valence-corrected chi connectivity index (χ3v) is 5.06. The van der Waals surface area contributed by atoms with Crippen molar-refractivity contribution in [2.45, 2.75) is 32.2 Å². The Labute approximate surface area is 172 Å². The van der Waals surface area contributed by atoms with Gasteiger partial charge in [-0.15, -0.1) is 0 Å². The van der Waals surface area contributed by atoms with E-state index in [0.29, 0.717) is 12.2 Å². The van der Waals surface area contributed by atoms with Crippen LogP contribution in [0.25, 0.3) is 6.08 Å². The van der Waals surface area contributed by atoms with E-state index in [1.165, 1.54) is 0 Å². The average molecular weight is 392 g/mol. The van der Waals surface area contributed by atoms with Crippen LogP contribution in [-0.2, 0) is 9.59 Å². The molecule has 5 nitrogen and oxygen atoms in total. The second-order valence-corrected chi connectivity index (χ2v) is 7.13. The molecule has 2 aromatic rings. The van der Waals surface area contributed by atoms with Crippen LogP contribution in [0.4, 0.5) is 0 Å². The second kappa shape index (κ2) is 10.5. The lowest BCUT2D eigenvalue weighted by atomic mass is 10.0. The van der Waals surface area contributed by atoms with E-state index >= 15 is 0 Å². The smallest absolute Gasteiger partial charge is 0.260 e. The van der Waals surface area contributed by atoms with Gasteiger partial charge in [0, 0.05) is 24.7 Å². The van der Waals surface area contributed by atoms with Crippen LogP contribution >= 0.6 is 0 Å². The van der Waals surface area contributed by atoms with Gasteiger partial charge in [-0.2, -0.15) is 0 Å². The number of amides is 2. The maximum absolute atomic E-state index is 12.4. The maximum Gasteiger partial charge on any atom is 0.260 e. The van der Waals surface area contributed by atoms with Crippen LogP contribution in [-0.4, -0.2) is 36.4 Å². The Hall–Kier alpha value is -3.08. The van der Waals surface area contributed by atoms with Gasteiger partial charge in [0.2, 0.25) is 5.91 Å². The van der Waals surface area contributed by atoms with Crippen LogP contribution in [0.3, 0.4) is 0 Å². The molecule has 0 aromatic heterocycles. The zero-order chi connectivity index (χ0) is 20.5. The standard InChI is InChI=1S/C24H28N2O3/c1-2-21(25-23(27)15-14-19-10-4-3-5-11-19)20-12-6-7-13-22(20)29-18-24(28)26-16-8-9-17-26/h3-7,10-15,21H,2,8-9,16-18H2,1H3,(H,25,27). The summed E-state index contributed by atoms with van der Waals surface area (Å²) in [6.07, 6.45) is 6.16. The SMILES string of the molecule is CCC(NC(=O)C=Cc1ccccc1)c1ccccc1OCC(=O)N1CCCC1. The minimum atomic E-state index is -0.194. The van der Waals surface area contributed by atoms with Gasteiger partial charge in [-0.3, -0.25) is 9.59 Å². The fourth-order valence-corrected chi connectivity index (χ4v) is 3.45. The number of carbonyl (C=O) groups excluding carboxylic acids is 2. The van der Waals surface area contributed by atoms with Crippen molar-refractivity contribution in [1.82, 2.24) is 10.2 Å². The molecule has 2 aromatic carbocycles. The van der Waals surface area contributed by atoms with E-state index in [2.05, 4.69) is 5.32 Å². The Balaban J connectivity index is 1.63. The van der Waals surface area contributed by atoms with Gasteiger partial charge in [0.1, 0.15) is 5.75 Å². The first kappa shape index (κ1) is 20.6. The first-order valence-corrected chi connectivity index (χ1v) is 10.2. The second-order valence-electron chi connectivity index (χ2n) is 7.13. The van der Waals surface area contributed by atoms with Gasteiger partial charge >= 0.3 is 0 Å². The highest BCUT2D eigenvalue weighted by Crippen LogP contribution is 2.27. The summed E-state index contributed by atoms with van der Waals surface area (Å²) in [6, 6.07) is 17.1. The number of likely N-dealkylation sites (tertiary alicyclic amines) is 1. The van der Waals surface area contributed by atoms with E-state index < -0.39 is 0 Å². The van der Waals surface area contributed by atoms with Crippen molar-refractivity contribution in [3.63, 3.8) is 0 Å². The lowest BCUT2D eigenvalue weighted by molar-refractivity contribution is -0.132. The summed E-state index contributed by atoms with van der Waals surface area (Å²) in [5, 5.41) is 3.04. The Bertz CT molecular complexity index is 842. The zero-order valence-corrected chi connectivity index (χ0v) is 16.8. The third-order valence-electron chi connectivity index (χ3n) is 5.06.